The van der Waals surface area contributed by atoms with Crippen molar-refractivity contribution in [2.75, 3.05) is 0 Å². The Morgan fingerprint density at radius 2 is 0.692 bits per heavy atom. The highest BCUT2D eigenvalue weighted by Crippen LogP contribution is 2.47. The van der Waals surface area contributed by atoms with Crippen molar-refractivity contribution >= 4 is 11.1 Å². The van der Waals surface area contributed by atoms with Crippen molar-refractivity contribution in [1.82, 2.24) is 0 Å². The summed E-state index contributed by atoms with van der Waals surface area (Å²) < 4.78 is 167. The second-order valence-electron chi connectivity index (χ2n) is 9.78. The molecule has 0 amide bonds. The van der Waals surface area contributed by atoms with Crippen LogP contribution in [0.3, 0.4) is 0 Å². The first-order chi connectivity index (χ1) is 24.0. The van der Waals surface area contributed by atoms with Gasteiger partial charge in [0, 0.05) is 16.3 Å². The summed E-state index contributed by atoms with van der Waals surface area (Å²) in [5.74, 6) is 0. The summed E-state index contributed by atoms with van der Waals surface area (Å²) in [4.78, 5) is 0. The number of rotatable bonds is 2. The molecule has 3 rings (SSSR count). The zero-order chi connectivity index (χ0) is 39.7. The smallest absolute Gasteiger partial charge is 0.192 e. The van der Waals surface area contributed by atoms with Crippen LogP contribution >= 0.6 is 0 Å². The second-order valence-corrected chi connectivity index (χ2v) is 9.78. The molecule has 3 aromatic rings. The van der Waals surface area contributed by atoms with Crippen molar-refractivity contribution < 1.29 is 52.7 Å². The van der Waals surface area contributed by atoms with Gasteiger partial charge in [0.15, 0.2) is 0 Å². The number of hydrogen-bond donors (Lipinski definition) is 0. The zero-order valence-corrected chi connectivity index (χ0v) is 24.4. The summed E-state index contributed by atoms with van der Waals surface area (Å²) in [7, 11) is 0. The Morgan fingerprint density at radius 1 is 0.385 bits per heavy atom. The lowest BCUT2D eigenvalue weighted by Crippen LogP contribution is -2.25. The van der Waals surface area contributed by atoms with Gasteiger partial charge in [0.05, 0.1) is 91.1 Å². The van der Waals surface area contributed by atoms with Gasteiger partial charge < -0.3 is 0 Å². The molecule has 8 nitrogen and oxygen atoms in total. The zero-order valence-electron chi connectivity index (χ0n) is 24.4. The van der Waals surface area contributed by atoms with Crippen molar-refractivity contribution in [2.24, 2.45) is 0 Å². The summed E-state index contributed by atoms with van der Waals surface area (Å²) in [6.45, 7) is 0. The second kappa shape index (κ2) is 13.4. The Kier molecular flexibility index (Phi) is 10.0. The van der Waals surface area contributed by atoms with E-state index in [0.29, 0.717) is 12.1 Å². The van der Waals surface area contributed by atoms with Gasteiger partial charge >= 0.3 is 24.7 Å². The van der Waals surface area contributed by atoms with Gasteiger partial charge in [-0.15, -0.1) is 0 Å². The van der Waals surface area contributed by atoms with E-state index in [2.05, 4.69) is 0 Å². The van der Waals surface area contributed by atoms with E-state index < -0.39 is 113 Å². The molecule has 0 radical (unpaired) electrons. The molecule has 52 heavy (non-hydrogen) atoms. The summed E-state index contributed by atoms with van der Waals surface area (Å²) >= 11 is 0. The minimum Gasteiger partial charge on any atom is -0.192 e. The predicted octanol–water partition coefficient (Wildman–Crippen LogP) is 6.44. The molecule has 0 heterocycles. The first kappa shape index (κ1) is 38.9. The van der Waals surface area contributed by atoms with E-state index in [1.165, 1.54) is 24.3 Å². The average molecular weight is 728 g/mol. The lowest BCUT2D eigenvalue weighted by molar-refractivity contribution is -0.162. The Labute approximate surface area is 280 Å². The van der Waals surface area contributed by atoms with Crippen molar-refractivity contribution in [1.29, 1.82) is 42.1 Å². The summed E-state index contributed by atoms with van der Waals surface area (Å²) in [5.41, 5.74) is -24.9. The quantitative estimate of drug-likeness (QED) is 0.269. The fraction of sp³-hybridized carbons (Fsp3) is 0.125. The molecule has 0 unspecified atom stereocenters. The molecule has 0 N–H and O–H groups in total. The fourth-order valence-electron chi connectivity index (χ4n) is 5.09. The van der Waals surface area contributed by atoms with Crippen LogP contribution in [0.4, 0.5) is 52.7 Å². The van der Waals surface area contributed by atoms with E-state index in [1.807, 2.05) is 0 Å². The molecule has 0 atom stereocenters. The molecule has 0 aliphatic rings. The normalized spacial score (nSPS) is 11.3. The third-order valence-corrected chi connectivity index (χ3v) is 6.93. The van der Waals surface area contributed by atoms with Crippen molar-refractivity contribution in [3.8, 4) is 48.6 Å². The van der Waals surface area contributed by atoms with E-state index in [-0.39, 0.29) is 12.1 Å². The maximum atomic E-state index is 14.1. The Morgan fingerprint density at radius 3 is 0.942 bits per heavy atom. The van der Waals surface area contributed by atoms with Gasteiger partial charge in [-0.1, -0.05) is 0 Å². The van der Waals surface area contributed by atoms with E-state index in [1.54, 1.807) is 0 Å². The van der Waals surface area contributed by atoms with Crippen LogP contribution in [0.5, 0.6) is 0 Å². The van der Waals surface area contributed by atoms with Crippen LogP contribution in [0, 0.1) is 90.6 Å². The molecule has 0 spiro atoms. The van der Waals surface area contributed by atoms with Crippen LogP contribution in [-0.4, -0.2) is 0 Å². The summed E-state index contributed by atoms with van der Waals surface area (Å²) in [5, 5.41) is 75.6. The predicted molar refractivity (Wildman–Crippen MR) is 143 cm³/mol. The maximum absolute atomic E-state index is 14.1. The fourth-order valence-corrected chi connectivity index (χ4v) is 5.09. The standard InChI is InChI=1S/C32H4F12N8/c33-29(34,35)25-16(7-47)3-18(22(11-51)27(25)31(39,40)41)20(9-49)13-1-14(5-45)24(15(2-13)6-46)21(10-50)19-4-17(8-48)26(30(36,37)38)28(23(19)12-52)32(42,43)44/h1-4H. The molecule has 0 aliphatic carbocycles. The first-order valence-electron chi connectivity index (χ1n) is 12.9. The van der Waals surface area contributed by atoms with Crippen LogP contribution in [-0.2, 0) is 24.7 Å². The summed E-state index contributed by atoms with van der Waals surface area (Å²) in [6.07, 6.45) is -23.8. The molecule has 0 aromatic heterocycles. The molecule has 0 fully saturated rings. The van der Waals surface area contributed by atoms with Gasteiger partial charge in [-0.25, -0.2) is 0 Å². The number of hydrogen-bond acceptors (Lipinski definition) is 8. The molecule has 3 aromatic carbocycles. The largest absolute Gasteiger partial charge is 0.418 e. The monoisotopic (exact) mass is 728 g/mol. The van der Waals surface area contributed by atoms with Gasteiger partial charge in [-0.05, 0) is 29.5 Å². The molecule has 0 aliphatic heterocycles. The third kappa shape index (κ3) is 6.70. The van der Waals surface area contributed by atoms with Crippen LogP contribution in [0.25, 0.3) is 11.1 Å². The maximum Gasteiger partial charge on any atom is 0.418 e. The molecule has 20 heteroatoms. The van der Waals surface area contributed by atoms with Gasteiger partial charge in [-0.3, -0.25) is 0 Å². The minimum atomic E-state index is -6.01. The third-order valence-electron chi connectivity index (χ3n) is 6.93. The lowest BCUT2D eigenvalue weighted by atomic mass is 9.86. The SMILES string of the molecule is N#CC(c1cc(C#N)c(C(F)(F)F)c(C(F)(F)F)c1C#N)=c1cc(C#N)c(=C(C#N)c2cc(C#N)c(C(F)(F)F)c(C(F)(F)F)c2C#N)c(C#N)c1. The minimum absolute atomic E-state index is 0.0572. The first-order valence-corrected chi connectivity index (χ1v) is 12.9. The average Bonchev–Trinajstić information content (AvgIpc) is 3.05. The topological polar surface area (TPSA) is 190 Å². The van der Waals surface area contributed by atoms with Crippen molar-refractivity contribution in [3.63, 3.8) is 0 Å². The number of nitrogens with zero attached hydrogens (tertiary/aromatic N) is 8. The number of benzene rings is 3. The highest BCUT2D eigenvalue weighted by molar-refractivity contribution is 5.86. The van der Waals surface area contributed by atoms with Crippen molar-refractivity contribution in [2.45, 2.75) is 24.7 Å². The molecule has 0 saturated carbocycles. The highest BCUT2D eigenvalue weighted by Gasteiger charge is 2.49. The van der Waals surface area contributed by atoms with E-state index in [0.717, 1.165) is 24.3 Å². The van der Waals surface area contributed by atoms with Crippen LogP contribution in [0.15, 0.2) is 24.3 Å². The van der Waals surface area contributed by atoms with Gasteiger partial charge in [-0.2, -0.15) is 94.8 Å². The highest BCUT2D eigenvalue weighted by atomic mass is 19.4. The van der Waals surface area contributed by atoms with Crippen molar-refractivity contribution in [3.05, 3.63) is 101 Å². The number of nitriles is 8. The lowest BCUT2D eigenvalue weighted by Gasteiger charge is -2.20. The van der Waals surface area contributed by atoms with Gasteiger partial charge in [0.25, 0.3) is 0 Å². The molecule has 0 saturated heterocycles. The van der Waals surface area contributed by atoms with Gasteiger partial charge in [0.2, 0.25) is 0 Å². The van der Waals surface area contributed by atoms with E-state index in [4.69, 9.17) is 0 Å². The summed E-state index contributed by atoms with van der Waals surface area (Å²) in [6, 6.07) is 9.81. The number of halogens is 12. The molecule has 0 bridgehead atoms. The molecule has 256 valence electrons. The Bertz CT molecular complexity index is 2510. The van der Waals surface area contributed by atoms with Crippen LogP contribution in [0.1, 0.15) is 66.8 Å². The molecular weight excluding hydrogens is 724 g/mol. The Balaban J connectivity index is 2.79. The number of alkyl halides is 12. The van der Waals surface area contributed by atoms with E-state index in [9.17, 15) is 94.8 Å². The Hall–Kier alpha value is -7.52. The van der Waals surface area contributed by atoms with Gasteiger partial charge in [0.1, 0.15) is 24.3 Å². The van der Waals surface area contributed by atoms with Crippen LogP contribution in [0.2, 0.25) is 0 Å². The molecular formula is C32H4F12N8. The van der Waals surface area contributed by atoms with Crippen LogP contribution < -0.4 is 10.4 Å². The van der Waals surface area contributed by atoms with E-state index >= 15 is 0 Å².